The van der Waals surface area contributed by atoms with Crippen LogP contribution in [0.25, 0.3) is 0 Å². The molecular weight excluding hydrogens is 344 g/mol. The van der Waals surface area contributed by atoms with Crippen LogP contribution in [0.15, 0.2) is 11.0 Å². The molecule has 1 fully saturated rings. The molecule has 3 atom stereocenters. The van der Waals surface area contributed by atoms with Gasteiger partial charge in [-0.25, -0.2) is 4.59 Å². The first-order valence-corrected chi connectivity index (χ1v) is 9.68. The van der Waals surface area contributed by atoms with Gasteiger partial charge in [-0.2, -0.15) is 14.3 Å². The second-order valence-corrected chi connectivity index (χ2v) is 8.48. The van der Waals surface area contributed by atoms with E-state index in [9.17, 15) is 17.8 Å². The number of rotatable bonds is 3. The highest BCUT2D eigenvalue weighted by atomic mass is 32.2. The van der Waals surface area contributed by atoms with Gasteiger partial charge in [-0.05, 0) is 32.4 Å². The second-order valence-electron chi connectivity index (χ2n) is 7.12. The quantitative estimate of drug-likeness (QED) is 0.364. The molecule has 3 unspecified atom stereocenters. The Labute approximate surface area is 149 Å². The van der Waals surface area contributed by atoms with Crippen LogP contribution in [0.2, 0.25) is 0 Å². The van der Waals surface area contributed by atoms with Crippen LogP contribution in [-0.4, -0.2) is 39.1 Å². The lowest BCUT2D eigenvalue weighted by atomic mass is 9.85. The smallest absolute Gasteiger partial charge is 0.309 e. The van der Waals surface area contributed by atoms with Crippen molar-refractivity contribution >= 4 is 21.8 Å². The Morgan fingerprint density at radius 1 is 1.32 bits per heavy atom. The predicted octanol–water partition coefficient (Wildman–Crippen LogP) is 1.87. The molecule has 3 N–H and O–H groups in total. The Hall–Kier alpha value is -1.48. The molecule has 140 valence electrons. The van der Waals surface area contributed by atoms with Crippen LogP contribution in [0.4, 0.5) is 5.69 Å². The predicted molar refractivity (Wildman–Crippen MR) is 95.5 cm³/mol. The van der Waals surface area contributed by atoms with E-state index in [0.717, 1.165) is 5.56 Å². The molecule has 0 radical (unpaired) electrons. The van der Waals surface area contributed by atoms with Crippen molar-refractivity contribution in [3.63, 3.8) is 0 Å². The van der Waals surface area contributed by atoms with Gasteiger partial charge < -0.3 is 4.74 Å². The number of benzene rings is 1. The lowest BCUT2D eigenvalue weighted by molar-refractivity contribution is -0.149. The fourth-order valence-corrected chi connectivity index (χ4v) is 5.28. The Morgan fingerprint density at radius 2 is 1.92 bits per heavy atom. The lowest BCUT2D eigenvalue weighted by Gasteiger charge is -2.42. The molecule has 0 bridgehead atoms. The number of nitrogens with two attached hydrogens (primary N) is 1. The fraction of sp³-hybridized carbons (Fsp3) is 0.588. The van der Waals surface area contributed by atoms with E-state index >= 15 is 0 Å². The van der Waals surface area contributed by atoms with Crippen molar-refractivity contribution in [1.82, 2.24) is 4.59 Å². The number of esters is 1. The van der Waals surface area contributed by atoms with E-state index in [1.165, 1.54) is 7.11 Å². The second kappa shape index (κ2) is 6.68. The van der Waals surface area contributed by atoms with Gasteiger partial charge in [-0.1, -0.05) is 6.92 Å². The number of nitrogens with zero attached hydrogens (tertiary/aromatic N) is 1. The summed E-state index contributed by atoms with van der Waals surface area (Å²) in [6, 6.07) is 1.73. The maximum atomic E-state index is 11.9. The third-order valence-corrected chi connectivity index (χ3v) is 6.35. The van der Waals surface area contributed by atoms with Crippen LogP contribution in [0.1, 0.15) is 30.0 Å². The standard InChI is InChI=1S/C17H26N2O5S/c1-10-8-11(2)16(25(21,22)23)13(4)15(10)19(18)7-6-14(12(3)9-19)17(20)24-5/h8,12,14H,6-7,9,18H2,1-5H3/p+1. The first-order valence-electron chi connectivity index (χ1n) is 8.24. The minimum Gasteiger partial charge on any atom is -0.469 e. The topological polar surface area (TPSA) is 107 Å². The van der Waals surface area contributed by atoms with Gasteiger partial charge in [-0.15, -0.1) is 0 Å². The van der Waals surface area contributed by atoms with Gasteiger partial charge in [0.05, 0.1) is 13.0 Å². The first-order chi connectivity index (χ1) is 11.4. The van der Waals surface area contributed by atoms with E-state index in [-0.39, 0.29) is 27.3 Å². The average Bonchev–Trinajstić information content (AvgIpc) is 2.43. The Bertz CT molecular complexity index is 806. The molecule has 1 aliphatic rings. The van der Waals surface area contributed by atoms with Gasteiger partial charge in [-0.3, -0.25) is 9.35 Å². The number of ether oxygens (including phenoxy) is 1. The van der Waals surface area contributed by atoms with Crippen molar-refractivity contribution in [2.24, 2.45) is 17.7 Å². The highest BCUT2D eigenvalue weighted by Crippen LogP contribution is 2.39. The van der Waals surface area contributed by atoms with Crippen LogP contribution >= 0.6 is 0 Å². The summed E-state index contributed by atoms with van der Waals surface area (Å²) in [5.74, 6) is 6.18. The average molecular weight is 371 g/mol. The SMILES string of the molecule is COC(=O)C1CC[N+](N)(c2c(C)cc(C)c(S(=O)(=O)O)c2C)CC1C. The van der Waals surface area contributed by atoms with Crippen molar-refractivity contribution in [1.29, 1.82) is 0 Å². The van der Waals surface area contributed by atoms with Gasteiger partial charge in [0.25, 0.3) is 10.1 Å². The van der Waals surface area contributed by atoms with Crippen molar-refractivity contribution in [3.8, 4) is 0 Å². The molecule has 1 saturated heterocycles. The van der Waals surface area contributed by atoms with Crippen molar-refractivity contribution in [2.75, 3.05) is 20.2 Å². The first kappa shape index (κ1) is 19.8. The molecule has 1 aliphatic heterocycles. The molecule has 7 nitrogen and oxygen atoms in total. The summed E-state index contributed by atoms with van der Waals surface area (Å²) >= 11 is 0. The molecule has 0 saturated carbocycles. The van der Waals surface area contributed by atoms with Crippen LogP contribution in [-0.2, 0) is 19.6 Å². The fourth-order valence-electron chi connectivity index (χ4n) is 4.33. The molecule has 1 heterocycles. The molecule has 0 aromatic heterocycles. The monoisotopic (exact) mass is 371 g/mol. The van der Waals surface area contributed by atoms with Crippen molar-refractivity contribution in [2.45, 2.75) is 39.0 Å². The highest BCUT2D eigenvalue weighted by molar-refractivity contribution is 7.86. The van der Waals surface area contributed by atoms with Crippen LogP contribution in [0.5, 0.6) is 0 Å². The molecule has 1 aromatic carbocycles. The van der Waals surface area contributed by atoms with Crippen LogP contribution < -0.4 is 10.4 Å². The Morgan fingerprint density at radius 3 is 2.40 bits per heavy atom. The number of hydrogen-bond acceptors (Lipinski definition) is 5. The molecule has 2 rings (SSSR count). The normalized spacial score (nSPS) is 27.2. The summed E-state index contributed by atoms with van der Waals surface area (Å²) < 4.78 is 38.1. The van der Waals surface area contributed by atoms with E-state index < -0.39 is 10.1 Å². The van der Waals surface area contributed by atoms with E-state index in [0.29, 0.717) is 36.3 Å². The van der Waals surface area contributed by atoms with Crippen molar-refractivity contribution in [3.05, 3.63) is 22.8 Å². The molecule has 8 heteroatoms. The highest BCUT2D eigenvalue weighted by Gasteiger charge is 2.44. The van der Waals surface area contributed by atoms with E-state index in [1.807, 2.05) is 13.8 Å². The number of aryl methyl sites for hydroxylation is 2. The van der Waals surface area contributed by atoms with Crippen LogP contribution in [0.3, 0.4) is 0 Å². The third-order valence-electron chi connectivity index (χ3n) is 5.21. The maximum Gasteiger partial charge on any atom is 0.309 e. The minimum absolute atomic E-state index is 0.0134. The van der Waals surface area contributed by atoms with Gasteiger partial charge in [0.1, 0.15) is 18.0 Å². The summed E-state index contributed by atoms with van der Waals surface area (Å²) in [4.78, 5) is 11.8. The van der Waals surface area contributed by atoms with Gasteiger partial charge in [0, 0.05) is 23.5 Å². The summed E-state index contributed by atoms with van der Waals surface area (Å²) in [6.07, 6.45) is 0.554. The molecule has 25 heavy (non-hydrogen) atoms. The summed E-state index contributed by atoms with van der Waals surface area (Å²) in [5, 5.41) is 0. The number of carbonyl (C=O) groups is 1. The van der Waals surface area contributed by atoms with Gasteiger partial charge >= 0.3 is 5.97 Å². The molecular formula is C17H27N2O5S+. The Kier molecular flexibility index (Phi) is 5.30. The van der Waals surface area contributed by atoms with Crippen molar-refractivity contribution < 1.29 is 22.5 Å². The van der Waals surface area contributed by atoms with Gasteiger partial charge in [0.2, 0.25) is 0 Å². The van der Waals surface area contributed by atoms with Crippen LogP contribution in [0, 0.1) is 32.6 Å². The Balaban J connectivity index is 2.54. The summed E-state index contributed by atoms with van der Waals surface area (Å²) in [7, 11) is -2.97. The summed E-state index contributed by atoms with van der Waals surface area (Å²) in [5.41, 5.74) is 2.51. The molecule has 0 spiro atoms. The molecule has 1 aromatic rings. The zero-order valence-electron chi connectivity index (χ0n) is 15.4. The third kappa shape index (κ3) is 3.57. The maximum absolute atomic E-state index is 11.9. The minimum atomic E-state index is -4.35. The number of piperidine rings is 1. The number of carbonyl (C=O) groups excluding carboxylic acids is 1. The molecule has 0 aliphatic carbocycles. The van der Waals surface area contributed by atoms with Gasteiger partial charge in [0.15, 0.2) is 5.69 Å². The van der Waals surface area contributed by atoms with E-state index in [4.69, 9.17) is 10.6 Å². The zero-order chi connectivity index (χ0) is 19.2. The molecule has 0 amide bonds. The zero-order valence-corrected chi connectivity index (χ0v) is 16.2. The number of hydrogen-bond donors (Lipinski definition) is 2. The number of quaternary nitrogens is 1. The largest absolute Gasteiger partial charge is 0.469 e. The number of methoxy groups -OCH3 is 1. The lowest BCUT2D eigenvalue weighted by Crippen LogP contribution is -2.63. The summed E-state index contributed by atoms with van der Waals surface area (Å²) in [6.45, 7) is 8.12. The van der Waals surface area contributed by atoms with E-state index in [2.05, 4.69) is 0 Å². The van der Waals surface area contributed by atoms with E-state index in [1.54, 1.807) is 19.9 Å².